The Morgan fingerprint density at radius 1 is 1.35 bits per heavy atom. The number of halogens is 1. The summed E-state index contributed by atoms with van der Waals surface area (Å²) in [5, 5.41) is 0.496. The molecule has 1 aromatic heterocycles. The van der Waals surface area contributed by atoms with Crippen molar-refractivity contribution >= 4 is 32.6 Å². The molecule has 1 aliphatic heterocycles. The zero-order chi connectivity index (χ0) is 18.3. The van der Waals surface area contributed by atoms with E-state index in [0.717, 1.165) is 21.3 Å². The lowest BCUT2D eigenvalue weighted by molar-refractivity contribution is -0.0228. The summed E-state index contributed by atoms with van der Waals surface area (Å²) in [6.45, 7) is 3.34. The molecule has 5 nitrogen and oxygen atoms in total. The van der Waals surface area contributed by atoms with Crippen molar-refractivity contribution in [1.82, 2.24) is 9.88 Å². The molecule has 2 heterocycles. The number of hydrogen-bond donors (Lipinski definition) is 1. The van der Waals surface area contributed by atoms with E-state index in [1.54, 1.807) is 17.0 Å². The number of anilines is 1. The molecule has 134 valence electrons. The molecule has 3 aromatic rings. The normalized spacial score (nSPS) is 17.6. The molecular formula is C19H18FN3O2S. The summed E-state index contributed by atoms with van der Waals surface area (Å²) < 4.78 is 19.8. The molecule has 1 atom stereocenters. The standard InChI is InChI=1S/C19H18FN3O2S/c1-11-8-13(9-16-17(11)22-19(21)26-16)18(24)23-6-7-25-15(10-23)12-2-4-14(20)5-3-12/h2-5,8-9,15H,6-7,10H2,1H3,(H2,21,22)/t15-/m1/s1. The first kappa shape index (κ1) is 16.9. The molecule has 1 saturated heterocycles. The third-order valence-electron chi connectivity index (χ3n) is 4.54. The molecule has 2 aromatic carbocycles. The molecule has 0 saturated carbocycles. The predicted molar refractivity (Wildman–Crippen MR) is 99.8 cm³/mol. The zero-order valence-corrected chi connectivity index (χ0v) is 15.1. The van der Waals surface area contributed by atoms with Crippen LogP contribution >= 0.6 is 11.3 Å². The number of aromatic nitrogens is 1. The highest BCUT2D eigenvalue weighted by atomic mass is 32.1. The van der Waals surface area contributed by atoms with E-state index >= 15 is 0 Å². The number of ether oxygens (including phenoxy) is 1. The molecule has 2 N–H and O–H groups in total. The van der Waals surface area contributed by atoms with Gasteiger partial charge in [-0.3, -0.25) is 4.79 Å². The predicted octanol–water partition coefficient (Wildman–Crippen LogP) is 3.54. The lowest BCUT2D eigenvalue weighted by atomic mass is 10.1. The third kappa shape index (κ3) is 3.15. The van der Waals surface area contributed by atoms with Gasteiger partial charge in [-0.1, -0.05) is 23.5 Å². The van der Waals surface area contributed by atoms with Crippen LogP contribution in [0.1, 0.15) is 27.6 Å². The highest BCUT2D eigenvalue weighted by molar-refractivity contribution is 7.22. The summed E-state index contributed by atoms with van der Waals surface area (Å²) in [5.74, 6) is -0.331. The number of hydrogen-bond acceptors (Lipinski definition) is 5. The van der Waals surface area contributed by atoms with Crippen molar-refractivity contribution in [2.45, 2.75) is 13.0 Å². The number of nitrogens with two attached hydrogens (primary N) is 1. The molecule has 0 spiro atoms. The summed E-state index contributed by atoms with van der Waals surface area (Å²) in [5.41, 5.74) is 9.06. The van der Waals surface area contributed by atoms with E-state index in [1.807, 2.05) is 19.1 Å². The second-order valence-corrected chi connectivity index (χ2v) is 7.42. The Morgan fingerprint density at radius 3 is 2.88 bits per heavy atom. The third-order valence-corrected chi connectivity index (χ3v) is 5.38. The maximum atomic E-state index is 13.1. The van der Waals surface area contributed by atoms with Crippen molar-refractivity contribution < 1.29 is 13.9 Å². The van der Waals surface area contributed by atoms with E-state index in [4.69, 9.17) is 10.5 Å². The van der Waals surface area contributed by atoms with Crippen LogP contribution in [0.3, 0.4) is 0 Å². The van der Waals surface area contributed by atoms with Gasteiger partial charge in [0.25, 0.3) is 5.91 Å². The van der Waals surface area contributed by atoms with Crippen LogP contribution in [0.5, 0.6) is 0 Å². The van der Waals surface area contributed by atoms with Crippen LogP contribution in [-0.4, -0.2) is 35.5 Å². The molecule has 26 heavy (non-hydrogen) atoms. The molecule has 0 radical (unpaired) electrons. The lowest BCUT2D eigenvalue weighted by Gasteiger charge is -2.33. The van der Waals surface area contributed by atoms with Crippen molar-refractivity contribution in [1.29, 1.82) is 0 Å². The quantitative estimate of drug-likeness (QED) is 0.748. The Morgan fingerprint density at radius 2 is 2.12 bits per heavy atom. The Hall–Kier alpha value is -2.51. The van der Waals surface area contributed by atoms with E-state index in [2.05, 4.69) is 4.98 Å². The van der Waals surface area contributed by atoms with Gasteiger partial charge in [-0.25, -0.2) is 9.37 Å². The fraction of sp³-hybridized carbons (Fsp3) is 0.263. The molecule has 1 fully saturated rings. The van der Waals surface area contributed by atoms with Gasteiger partial charge in [0.1, 0.15) is 11.9 Å². The number of fused-ring (bicyclic) bond motifs is 1. The van der Waals surface area contributed by atoms with Crippen molar-refractivity contribution in [3.63, 3.8) is 0 Å². The number of nitrogen functional groups attached to an aromatic ring is 1. The van der Waals surface area contributed by atoms with Crippen LogP contribution in [0.2, 0.25) is 0 Å². The first-order valence-electron chi connectivity index (χ1n) is 8.34. The van der Waals surface area contributed by atoms with Crippen molar-refractivity contribution in [3.05, 3.63) is 58.9 Å². The molecule has 1 amide bonds. The second kappa shape index (κ2) is 6.66. The van der Waals surface area contributed by atoms with Gasteiger partial charge in [0.05, 0.1) is 23.4 Å². The van der Waals surface area contributed by atoms with Crippen molar-refractivity contribution in [2.75, 3.05) is 25.4 Å². The molecule has 0 unspecified atom stereocenters. The van der Waals surface area contributed by atoms with E-state index in [-0.39, 0.29) is 17.8 Å². The fourth-order valence-electron chi connectivity index (χ4n) is 3.23. The topological polar surface area (TPSA) is 68.5 Å². The molecule has 0 aliphatic carbocycles. The first-order valence-corrected chi connectivity index (χ1v) is 9.16. The summed E-state index contributed by atoms with van der Waals surface area (Å²) in [7, 11) is 0. The minimum atomic E-state index is -0.287. The minimum Gasteiger partial charge on any atom is -0.375 e. The minimum absolute atomic E-state index is 0.0441. The highest BCUT2D eigenvalue weighted by Crippen LogP contribution is 2.29. The van der Waals surface area contributed by atoms with Gasteiger partial charge in [0.15, 0.2) is 5.13 Å². The number of carbonyl (C=O) groups excluding carboxylic acids is 1. The Bertz CT molecular complexity index is 971. The number of rotatable bonds is 2. The van der Waals surface area contributed by atoms with Crippen molar-refractivity contribution in [2.24, 2.45) is 0 Å². The number of nitrogens with zero attached hydrogens (tertiary/aromatic N) is 2. The Labute approximate surface area is 154 Å². The molecular weight excluding hydrogens is 353 g/mol. The van der Waals surface area contributed by atoms with Gasteiger partial charge in [0.2, 0.25) is 0 Å². The summed E-state index contributed by atoms with van der Waals surface area (Å²) in [6, 6.07) is 9.91. The van der Waals surface area contributed by atoms with Crippen LogP contribution in [0.25, 0.3) is 10.2 Å². The second-order valence-electron chi connectivity index (χ2n) is 6.35. The average Bonchev–Trinajstić information content (AvgIpc) is 3.03. The number of carbonyl (C=O) groups is 1. The van der Waals surface area contributed by atoms with Crippen molar-refractivity contribution in [3.8, 4) is 0 Å². The zero-order valence-electron chi connectivity index (χ0n) is 14.2. The van der Waals surface area contributed by atoms with Crippen LogP contribution in [0.4, 0.5) is 9.52 Å². The maximum Gasteiger partial charge on any atom is 0.254 e. The van der Waals surface area contributed by atoms with Gasteiger partial charge in [-0.05, 0) is 42.3 Å². The van der Waals surface area contributed by atoms with E-state index in [9.17, 15) is 9.18 Å². The number of thiazole rings is 1. The Balaban J connectivity index is 1.58. The SMILES string of the molecule is Cc1cc(C(=O)N2CCO[C@@H](c3ccc(F)cc3)C2)cc2sc(N)nc12. The summed E-state index contributed by atoms with van der Waals surface area (Å²) >= 11 is 1.38. The van der Waals surface area contributed by atoms with Gasteiger partial charge in [-0.2, -0.15) is 0 Å². The summed E-state index contributed by atoms with van der Waals surface area (Å²) in [4.78, 5) is 19.1. The van der Waals surface area contributed by atoms with Gasteiger partial charge < -0.3 is 15.4 Å². The highest BCUT2D eigenvalue weighted by Gasteiger charge is 2.26. The summed E-state index contributed by atoms with van der Waals surface area (Å²) in [6.07, 6.45) is -0.253. The van der Waals surface area contributed by atoms with Gasteiger partial charge in [0, 0.05) is 12.1 Å². The van der Waals surface area contributed by atoms with Gasteiger partial charge in [-0.15, -0.1) is 0 Å². The smallest absolute Gasteiger partial charge is 0.254 e. The molecule has 4 rings (SSSR count). The maximum absolute atomic E-state index is 13.1. The number of morpholine rings is 1. The molecule has 0 bridgehead atoms. The average molecular weight is 371 g/mol. The van der Waals surface area contributed by atoms with Crippen LogP contribution in [0.15, 0.2) is 36.4 Å². The lowest BCUT2D eigenvalue weighted by Crippen LogP contribution is -2.42. The van der Waals surface area contributed by atoms with Gasteiger partial charge >= 0.3 is 0 Å². The number of benzene rings is 2. The monoisotopic (exact) mass is 371 g/mol. The van der Waals surface area contributed by atoms with Crippen LogP contribution in [0, 0.1) is 12.7 Å². The van der Waals surface area contributed by atoms with E-state index in [1.165, 1.54) is 23.5 Å². The molecule has 7 heteroatoms. The number of amides is 1. The van der Waals surface area contributed by atoms with Crippen LogP contribution in [-0.2, 0) is 4.74 Å². The van der Waals surface area contributed by atoms with E-state index in [0.29, 0.717) is 30.4 Å². The first-order chi connectivity index (χ1) is 12.5. The van der Waals surface area contributed by atoms with E-state index < -0.39 is 0 Å². The molecule has 1 aliphatic rings. The largest absolute Gasteiger partial charge is 0.375 e. The number of aryl methyl sites for hydroxylation is 1. The van der Waals surface area contributed by atoms with Crippen LogP contribution < -0.4 is 5.73 Å². The fourth-order valence-corrected chi connectivity index (χ4v) is 4.08. The Kier molecular flexibility index (Phi) is 4.34.